The number of aliphatic imine (C=N–C) groups is 1. The smallest absolute Gasteiger partial charge is 0.337 e. The van der Waals surface area contributed by atoms with Crippen LogP contribution in [0.5, 0.6) is 0 Å². The van der Waals surface area contributed by atoms with Crippen LogP contribution in [0.4, 0.5) is 5.69 Å². The lowest BCUT2D eigenvalue weighted by molar-refractivity contribution is 0.0600. The van der Waals surface area contributed by atoms with Gasteiger partial charge < -0.3 is 4.74 Å². The molecule has 100 valence electrons. The summed E-state index contributed by atoms with van der Waals surface area (Å²) in [5.41, 5.74) is 5.33. The largest absolute Gasteiger partial charge is 0.465 e. The SMILES string of the molecule is CC=Nc1ccc(C(=O)OC)cc1C#C[Si](C)(C)C. The van der Waals surface area contributed by atoms with E-state index < -0.39 is 8.07 Å². The summed E-state index contributed by atoms with van der Waals surface area (Å²) < 4.78 is 4.72. The fourth-order valence-corrected chi connectivity index (χ4v) is 1.90. The zero-order chi connectivity index (χ0) is 14.5. The monoisotopic (exact) mass is 273 g/mol. The second-order valence-corrected chi connectivity index (χ2v) is 9.86. The molecule has 1 aromatic rings. The van der Waals surface area contributed by atoms with Gasteiger partial charge in [0.05, 0.1) is 23.9 Å². The first-order valence-electron chi connectivity index (χ1n) is 6.11. The molecule has 19 heavy (non-hydrogen) atoms. The van der Waals surface area contributed by atoms with E-state index in [0.29, 0.717) is 5.56 Å². The van der Waals surface area contributed by atoms with Crippen molar-refractivity contribution in [2.24, 2.45) is 4.99 Å². The molecule has 0 amide bonds. The number of hydrogen-bond acceptors (Lipinski definition) is 3. The maximum Gasteiger partial charge on any atom is 0.337 e. The molecule has 0 heterocycles. The van der Waals surface area contributed by atoms with E-state index in [1.54, 1.807) is 24.4 Å². The number of esters is 1. The third-order valence-corrected chi connectivity index (χ3v) is 3.13. The topological polar surface area (TPSA) is 38.7 Å². The van der Waals surface area contributed by atoms with Crippen LogP contribution in [0.25, 0.3) is 0 Å². The van der Waals surface area contributed by atoms with Gasteiger partial charge in [0.1, 0.15) is 8.07 Å². The maximum absolute atomic E-state index is 11.5. The average Bonchev–Trinajstić information content (AvgIpc) is 2.36. The minimum absolute atomic E-state index is 0.358. The quantitative estimate of drug-likeness (QED) is 0.358. The number of nitrogens with zero attached hydrogens (tertiary/aromatic N) is 1. The Balaban J connectivity index is 3.30. The van der Waals surface area contributed by atoms with Crippen LogP contribution in [-0.2, 0) is 4.74 Å². The summed E-state index contributed by atoms with van der Waals surface area (Å²) in [6, 6.07) is 5.23. The number of benzene rings is 1. The molecular formula is C15H19NO2Si. The van der Waals surface area contributed by atoms with Gasteiger partial charge in [0.25, 0.3) is 0 Å². The third kappa shape index (κ3) is 4.72. The molecule has 4 heteroatoms. The van der Waals surface area contributed by atoms with Crippen molar-refractivity contribution in [2.45, 2.75) is 26.6 Å². The number of carbonyl (C=O) groups is 1. The van der Waals surface area contributed by atoms with Crippen molar-refractivity contribution in [1.82, 2.24) is 0 Å². The number of carbonyl (C=O) groups excluding carboxylic acids is 1. The Kier molecular flexibility index (Phi) is 5.08. The highest BCUT2D eigenvalue weighted by Crippen LogP contribution is 2.20. The van der Waals surface area contributed by atoms with Crippen LogP contribution in [0.3, 0.4) is 0 Å². The molecule has 0 fully saturated rings. The van der Waals surface area contributed by atoms with E-state index in [1.165, 1.54) is 7.11 Å². The lowest BCUT2D eigenvalue weighted by Gasteiger charge is -2.06. The number of methoxy groups -OCH3 is 1. The van der Waals surface area contributed by atoms with Gasteiger partial charge in [0.15, 0.2) is 0 Å². The van der Waals surface area contributed by atoms with E-state index in [9.17, 15) is 4.79 Å². The molecular weight excluding hydrogens is 254 g/mol. The Morgan fingerprint density at radius 1 is 1.37 bits per heavy atom. The Morgan fingerprint density at radius 2 is 2.05 bits per heavy atom. The highest BCUT2D eigenvalue weighted by Gasteiger charge is 2.10. The summed E-state index contributed by atoms with van der Waals surface area (Å²) in [5.74, 6) is 2.79. The van der Waals surface area contributed by atoms with Crippen molar-refractivity contribution < 1.29 is 9.53 Å². The first-order chi connectivity index (χ1) is 8.87. The van der Waals surface area contributed by atoms with E-state index in [0.717, 1.165) is 11.3 Å². The molecule has 0 aliphatic carbocycles. The zero-order valence-corrected chi connectivity index (χ0v) is 13.1. The van der Waals surface area contributed by atoms with Gasteiger partial charge in [-0.05, 0) is 25.1 Å². The fourth-order valence-electron chi connectivity index (χ4n) is 1.39. The molecule has 0 N–H and O–H groups in total. The Hall–Kier alpha value is -1.86. The first-order valence-corrected chi connectivity index (χ1v) is 9.61. The molecule has 0 saturated carbocycles. The second kappa shape index (κ2) is 6.35. The van der Waals surface area contributed by atoms with Crippen molar-refractivity contribution in [3.8, 4) is 11.5 Å². The molecule has 0 bridgehead atoms. The molecule has 1 rings (SSSR count). The summed E-state index contributed by atoms with van der Waals surface area (Å²) in [7, 11) is -0.0990. The van der Waals surface area contributed by atoms with Crippen LogP contribution in [0.15, 0.2) is 23.2 Å². The van der Waals surface area contributed by atoms with Crippen molar-refractivity contribution in [3.63, 3.8) is 0 Å². The van der Waals surface area contributed by atoms with Crippen LogP contribution in [-0.4, -0.2) is 27.4 Å². The van der Waals surface area contributed by atoms with E-state index >= 15 is 0 Å². The molecule has 0 unspecified atom stereocenters. The van der Waals surface area contributed by atoms with Crippen LogP contribution < -0.4 is 0 Å². The van der Waals surface area contributed by atoms with Gasteiger partial charge in [-0.25, -0.2) is 4.79 Å². The summed E-state index contributed by atoms with van der Waals surface area (Å²) in [6.45, 7) is 8.37. The van der Waals surface area contributed by atoms with Crippen LogP contribution in [0, 0.1) is 11.5 Å². The van der Waals surface area contributed by atoms with Gasteiger partial charge in [-0.2, -0.15) is 0 Å². The van der Waals surface area contributed by atoms with E-state index in [4.69, 9.17) is 4.74 Å². The highest BCUT2D eigenvalue weighted by molar-refractivity contribution is 6.83. The molecule has 3 nitrogen and oxygen atoms in total. The standard InChI is InChI=1S/C15H19NO2Si/c1-6-16-14-8-7-13(15(17)18-2)11-12(14)9-10-19(3,4)5/h6-8,11H,1-5H3. The van der Waals surface area contributed by atoms with Gasteiger partial charge in [0, 0.05) is 6.21 Å². The lowest BCUT2D eigenvalue weighted by atomic mass is 10.1. The summed E-state index contributed by atoms with van der Waals surface area (Å²) in [5, 5.41) is 0. The van der Waals surface area contributed by atoms with E-state index in [1.807, 2.05) is 6.92 Å². The van der Waals surface area contributed by atoms with E-state index in [-0.39, 0.29) is 5.97 Å². The van der Waals surface area contributed by atoms with Gasteiger partial charge in [-0.15, -0.1) is 5.54 Å². The van der Waals surface area contributed by atoms with E-state index in [2.05, 4.69) is 36.1 Å². The number of ether oxygens (including phenoxy) is 1. The zero-order valence-electron chi connectivity index (χ0n) is 12.1. The molecule has 0 aliphatic heterocycles. The van der Waals surface area contributed by atoms with Gasteiger partial charge in [0.2, 0.25) is 0 Å². The number of hydrogen-bond donors (Lipinski definition) is 0. The molecule has 1 aromatic carbocycles. The third-order valence-electron chi connectivity index (χ3n) is 2.26. The molecule has 0 aromatic heterocycles. The van der Waals surface area contributed by atoms with Crippen LogP contribution in [0.2, 0.25) is 19.6 Å². The minimum atomic E-state index is -1.47. The Morgan fingerprint density at radius 3 is 2.58 bits per heavy atom. The summed E-state index contributed by atoms with van der Waals surface area (Å²) >= 11 is 0. The highest BCUT2D eigenvalue weighted by atomic mass is 28.3. The maximum atomic E-state index is 11.5. The summed E-state index contributed by atoms with van der Waals surface area (Å²) in [6.07, 6.45) is 1.72. The van der Waals surface area contributed by atoms with Crippen LogP contribution >= 0.6 is 0 Å². The fraction of sp³-hybridized carbons (Fsp3) is 0.333. The minimum Gasteiger partial charge on any atom is -0.465 e. The van der Waals surface area contributed by atoms with Crippen LogP contribution in [0.1, 0.15) is 22.8 Å². The predicted octanol–water partition coefficient (Wildman–Crippen LogP) is 3.42. The van der Waals surface area contributed by atoms with Crippen molar-refractivity contribution in [3.05, 3.63) is 29.3 Å². The molecule has 0 saturated heterocycles. The van der Waals surface area contributed by atoms with Crippen molar-refractivity contribution >= 4 is 25.9 Å². The molecule has 0 atom stereocenters. The average molecular weight is 273 g/mol. The molecule has 0 radical (unpaired) electrons. The summed E-state index contributed by atoms with van der Waals surface area (Å²) in [4.78, 5) is 15.8. The Labute approximate surface area is 115 Å². The second-order valence-electron chi connectivity index (χ2n) is 5.11. The lowest BCUT2D eigenvalue weighted by Crippen LogP contribution is -2.16. The van der Waals surface area contributed by atoms with Gasteiger partial charge in [-0.3, -0.25) is 4.99 Å². The van der Waals surface area contributed by atoms with Gasteiger partial charge >= 0.3 is 5.97 Å². The predicted molar refractivity (Wildman–Crippen MR) is 81.8 cm³/mol. The first kappa shape index (κ1) is 15.2. The molecule has 0 aliphatic rings. The van der Waals surface area contributed by atoms with Crippen molar-refractivity contribution in [2.75, 3.05) is 7.11 Å². The number of rotatable bonds is 2. The normalized spacial score (nSPS) is 11.0. The Bertz CT molecular complexity index is 560. The molecule has 0 spiro atoms. The van der Waals surface area contributed by atoms with Gasteiger partial charge in [-0.1, -0.05) is 25.6 Å². The van der Waals surface area contributed by atoms with Crippen molar-refractivity contribution in [1.29, 1.82) is 0 Å².